The molecule has 0 aliphatic rings. The Morgan fingerprint density at radius 1 is 1.28 bits per heavy atom. The van der Waals surface area contributed by atoms with Crippen LogP contribution in [0.4, 0.5) is 19.0 Å². The second-order valence-electron chi connectivity index (χ2n) is 6.24. The summed E-state index contributed by atoms with van der Waals surface area (Å²) in [7, 11) is 1.22. The Hall–Kier alpha value is -3.50. The third kappa shape index (κ3) is 4.18. The molecule has 3 aromatic heterocycles. The summed E-state index contributed by atoms with van der Waals surface area (Å²) in [6.45, 7) is 2.93. The van der Waals surface area contributed by atoms with Gasteiger partial charge in [-0.25, -0.2) is 19.7 Å². The maximum Gasteiger partial charge on any atom is 0.433 e. The van der Waals surface area contributed by atoms with E-state index in [0.717, 1.165) is 6.07 Å². The molecule has 3 aromatic rings. The van der Waals surface area contributed by atoms with Crippen LogP contribution in [-0.2, 0) is 10.9 Å². The molecule has 29 heavy (non-hydrogen) atoms. The number of alkyl halides is 3. The summed E-state index contributed by atoms with van der Waals surface area (Å²) in [5.74, 6) is -0.191. The maximum atomic E-state index is 13.6. The van der Waals surface area contributed by atoms with Crippen molar-refractivity contribution < 1.29 is 22.7 Å². The number of aromatic amines is 1. The van der Waals surface area contributed by atoms with Gasteiger partial charge in [0, 0.05) is 11.8 Å². The molecule has 8 nitrogen and oxygen atoms in total. The van der Waals surface area contributed by atoms with Gasteiger partial charge in [-0.15, -0.1) is 0 Å². The van der Waals surface area contributed by atoms with Crippen molar-refractivity contribution in [3.8, 4) is 0 Å². The number of ether oxygens (including phenoxy) is 1. The van der Waals surface area contributed by atoms with Gasteiger partial charge in [0.15, 0.2) is 11.3 Å². The highest BCUT2D eigenvalue weighted by Gasteiger charge is 2.37. The standard InChI is InChI=1S/C18H16F3N5O3/c1-8(23-13-5-4-10(7-22-13)17(28)29-3)11-6-12-15(24-9(2)25-16(12)27)26-14(11)18(19,20)21/h4-8H,1-3H3,(H,22,23)(H,24,25,26,27)/t8-/m0/s1. The van der Waals surface area contributed by atoms with E-state index in [4.69, 9.17) is 0 Å². The number of rotatable bonds is 4. The minimum absolute atomic E-state index is 0.0544. The molecule has 0 bridgehead atoms. The molecule has 0 aromatic carbocycles. The molecule has 0 saturated heterocycles. The molecule has 1 atom stereocenters. The molecular weight excluding hydrogens is 391 g/mol. The van der Waals surface area contributed by atoms with Gasteiger partial charge in [0.2, 0.25) is 0 Å². The Labute approximate surface area is 162 Å². The molecule has 0 amide bonds. The Bertz CT molecular complexity index is 1130. The second kappa shape index (κ2) is 7.49. The van der Waals surface area contributed by atoms with Gasteiger partial charge in [-0.3, -0.25) is 4.79 Å². The van der Waals surface area contributed by atoms with Crippen molar-refractivity contribution in [2.75, 3.05) is 12.4 Å². The lowest BCUT2D eigenvalue weighted by molar-refractivity contribution is -0.141. The predicted molar refractivity (Wildman–Crippen MR) is 97.5 cm³/mol. The quantitative estimate of drug-likeness (QED) is 0.640. The highest BCUT2D eigenvalue weighted by Crippen LogP contribution is 2.35. The highest BCUT2D eigenvalue weighted by molar-refractivity contribution is 5.89. The molecular formula is C18H16F3N5O3. The van der Waals surface area contributed by atoms with Gasteiger partial charge in [0.25, 0.3) is 5.56 Å². The van der Waals surface area contributed by atoms with Crippen LogP contribution < -0.4 is 10.9 Å². The van der Waals surface area contributed by atoms with Crippen molar-refractivity contribution in [1.82, 2.24) is 19.9 Å². The lowest BCUT2D eigenvalue weighted by Gasteiger charge is -2.20. The van der Waals surface area contributed by atoms with Crippen LogP contribution in [0.3, 0.4) is 0 Å². The summed E-state index contributed by atoms with van der Waals surface area (Å²) < 4.78 is 45.3. The number of hydrogen-bond donors (Lipinski definition) is 2. The van der Waals surface area contributed by atoms with Gasteiger partial charge in [0.05, 0.1) is 24.1 Å². The maximum absolute atomic E-state index is 13.6. The van der Waals surface area contributed by atoms with E-state index < -0.39 is 29.4 Å². The number of pyridine rings is 2. The van der Waals surface area contributed by atoms with Gasteiger partial charge >= 0.3 is 12.1 Å². The molecule has 3 heterocycles. The van der Waals surface area contributed by atoms with E-state index in [2.05, 4.69) is 30.0 Å². The predicted octanol–water partition coefficient (Wildman–Crippen LogP) is 3.00. The Morgan fingerprint density at radius 3 is 2.59 bits per heavy atom. The van der Waals surface area contributed by atoms with Crippen molar-refractivity contribution in [3.63, 3.8) is 0 Å². The number of esters is 1. The Kier molecular flexibility index (Phi) is 5.23. The highest BCUT2D eigenvalue weighted by atomic mass is 19.4. The van der Waals surface area contributed by atoms with E-state index in [9.17, 15) is 22.8 Å². The van der Waals surface area contributed by atoms with E-state index in [1.807, 2.05) is 0 Å². The average molecular weight is 407 g/mol. The van der Waals surface area contributed by atoms with Crippen molar-refractivity contribution in [3.05, 3.63) is 57.4 Å². The molecule has 0 aliphatic heterocycles. The minimum Gasteiger partial charge on any atom is -0.465 e. The number of hydrogen-bond acceptors (Lipinski definition) is 7. The normalized spacial score (nSPS) is 12.6. The number of carbonyl (C=O) groups excluding carboxylic acids is 1. The molecule has 0 spiro atoms. The van der Waals surface area contributed by atoms with Crippen LogP contribution in [0.1, 0.15) is 40.4 Å². The molecule has 11 heteroatoms. The fourth-order valence-electron chi connectivity index (χ4n) is 2.76. The smallest absolute Gasteiger partial charge is 0.433 e. The van der Waals surface area contributed by atoms with E-state index in [0.29, 0.717) is 0 Å². The number of nitrogens with one attached hydrogen (secondary N) is 2. The Morgan fingerprint density at radius 2 is 2.00 bits per heavy atom. The molecule has 0 aliphatic carbocycles. The van der Waals surface area contributed by atoms with Crippen LogP contribution in [-0.4, -0.2) is 33.0 Å². The van der Waals surface area contributed by atoms with Gasteiger partial charge < -0.3 is 15.0 Å². The molecule has 2 N–H and O–H groups in total. The minimum atomic E-state index is -4.75. The van der Waals surface area contributed by atoms with Gasteiger partial charge in [-0.1, -0.05) is 0 Å². The first-order chi connectivity index (χ1) is 13.6. The topological polar surface area (TPSA) is 110 Å². The zero-order valence-corrected chi connectivity index (χ0v) is 15.6. The number of nitrogens with zero attached hydrogens (tertiary/aromatic N) is 3. The lowest BCUT2D eigenvalue weighted by atomic mass is 10.0. The molecule has 0 unspecified atom stereocenters. The summed E-state index contributed by atoms with van der Waals surface area (Å²) in [4.78, 5) is 37.5. The molecule has 0 fully saturated rings. The zero-order chi connectivity index (χ0) is 21.3. The number of anilines is 1. The third-order valence-corrected chi connectivity index (χ3v) is 4.13. The van der Waals surface area contributed by atoms with Gasteiger partial charge in [-0.05, 0) is 32.0 Å². The first-order valence-corrected chi connectivity index (χ1v) is 8.40. The monoisotopic (exact) mass is 407 g/mol. The fourth-order valence-corrected chi connectivity index (χ4v) is 2.76. The van der Waals surface area contributed by atoms with Crippen LogP contribution in [0, 0.1) is 6.92 Å². The van der Waals surface area contributed by atoms with E-state index in [1.54, 1.807) is 0 Å². The van der Waals surface area contributed by atoms with Crippen LogP contribution in [0.15, 0.2) is 29.2 Å². The Balaban J connectivity index is 2.03. The van der Waals surface area contributed by atoms with Gasteiger partial charge in [-0.2, -0.15) is 13.2 Å². The second-order valence-corrected chi connectivity index (χ2v) is 6.24. The van der Waals surface area contributed by atoms with Crippen LogP contribution >= 0.6 is 0 Å². The van der Waals surface area contributed by atoms with Crippen molar-refractivity contribution >= 4 is 22.8 Å². The molecule has 0 radical (unpaired) electrons. The third-order valence-electron chi connectivity index (χ3n) is 4.13. The number of halogens is 3. The first kappa shape index (κ1) is 20.2. The fraction of sp³-hybridized carbons (Fsp3) is 0.278. The van der Waals surface area contributed by atoms with Crippen LogP contribution in [0.25, 0.3) is 11.0 Å². The van der Waals surface area contributed by atoms with Crippen molar-refractivity contribution in [2.24, 2.45) is 0 Å². The summed E-state index contributed by atoms with van der Waals surface area (Å²) >= 11 is 0. The lowest BCUT2D eigenvalue weighted by Crippen LogP contribution is -2.20. The molecule has 0 saturated carbocycles. The number of H-pyrrole nitrogens is 1. The van der Waals surface area contributed by atoms with Crippen LogP contribution in [0.2, 0.25) is 0 Å². The number of aryl methyl sites for hydroxylation is 1. The summed E-state index contributed by atoms with van der Waals surface area (Å²) in [6, 6.07) is 3.08. The average Bonchev–Trinajstić information content (AvgIpc) is 2.66. The summed E-state index contributed by atoms with van der Waals surface area (Å²) in [5.41, 5.74) is -2.05. The number of fused-ring (bicyclic) bond motifs is 1. The van der Waals surface area contributed by atoms with E-state index in [-0.39, 0.29) is 33.8 Å². The number of methoxy groups -OCH3 is 1. The van der Waals surface area contributed by atoms with Crippen molar-refractivity contribution in [2.45, 2.75) is 26.1 Å². The number of carbonyl (C=O) groups is 1. The van der Waals surface area contributed by atoms with Gasteiger partial charge in [0.1, 0.15) is 11.6 Å². The largest absolute Gasteiger partial charge is 0.465 e. The van der Waals surface area contributed by atoms with Crippen molar-refractivity contribution in [1.29, 1.82) is 0 Å². The summed E-state index contributed by atoms with van der Waals surface area (Å²) in [6.07, 6.45) is -3.51. The summed E-state index contributed by atoms with van der Waals surface area (Å²) in [5, 5.41) is 2.76. The number of aromatic nitrogens is 4. The molecule has 152 valence electrons. The SMILES string of the molecule is COC(=O)c1ccc(N[C@@H](C)c2cc3c(=O)[nH]c(C)nc3nc2C(F)(F)F)nc1. The molecule has 3 rings (SSSR count). The zero-order valence-electron chi connectivity index (χ0n) is 15.6. The van der Waals surface area contributed by atoms with E-state index in [1.165, 1.54) is 39.3 Å². The van der Waals surface area contributed by atoms with Crippen LogP contribution in [0.5, 0.6) is 0 Å². The van der Waals surface area contributed by atoms with E-state index >= 15 is 0 Å². The first-order valence-electron chi connectivity index (χ1n) is 8.40.